The van der Waals surface area contributed by atoms with Gasteiger partial charge in [0.25, 0.3) is 0 Å². The molecule has 0 saturated carbocycles. The fourth-order valence-corrected chi connectivity index (χ4v) is 4.45. The van der Waals surface area contributed by atoms with Gasteiger partial charge in [0.15, 0.2) is 0 Å². The molecule has 0 aliphatic rings. The first-order chi connectivity index (χ1) is 19.1. The summed E-state index contributed by atoms with van der Waals surface area (Å²) in [6, 6.07) is 24.6. The van der Waals surface area contributed by atoms with E-state index in [2.05, 4.69) is 37.2 Å². The predicted molar refractivity (Wildman–Crippen MR) is 161 cm³/mol. The largest absolute Gasteiger partial charge is 0.478 e. The molecule has 4 rings (SSSR count). The van der Waals surface area contributed by atoms with Gasteiger partial charge < -0.3 is 20.4 Å². The summed E-state index contributed by atoms with van der Waals surface area (Å²) < 4.78 is 0. The fraction of sp³-hybridized carbons (Fsp3) is 0.0345. The van der Waals surface area contributed by atoms with E-state index in [0.717, 1.165) is 0 Å². The molecule has 8 nitrogen and oxygen atoms in total. The van der Waals surface area contributed by atoms with E-state index in [1.807, 2.05) is 0 Å². The Morgan fingerprint density at radius 3 is 0.700 bits per heavy atom. The summed E-state index contributed by atoms with van der Waals surface area (Å²) in [6.07, 6.45) is 0. The molecule has 0 atom stereocenters. The molecule has 4 aromatic rings. The molecule has 11 heteroatoms. The van der Waals surface area contributed by atoms with Gasteiger partial charge in [0.2, 0.25) is 0 Å². The van der Waals surface area contributed by atoms with Crippen LogP contribution < -0.4 is 13.3 Å². The molecule has 206 valence electrons. The number of carboxylic acid groups (broad SMARTS) is 4. The van der Waals surface area contributed by atoms with Crippen LogP contribution in [0.2, 0.25) is 0 Å². The van der Waals surface area contributed by atoms with Crippen molar-refractivity contribution in [3.05, 3.63) is 142 Å². The Morgan fingerprint density at radius 2 is 0.575 bits per heavy atom. The molecule has 4 aromatic carbocycles. The Balaban J connectivity index is 0.00000141. The topological polar surface area (TPSA) is 149 Å². The van der Waals surface area contributed by atoms with E-state index >= 15 is 0 Å². The smallest absolute Gasteiger partial charge is 0.335 e. The summed E-state index contributed by atoms with van der Waals surface area (Å²) in [7, 11) is 0. The van der Waals surface area contributed by atoms with Crippen molar-refractivity contribution in [2.45, 2.75) is 5.41 Å². The second kappa shape index (κ2) is 14.0. The van der Waals surface area contributed by atoms with Crippen molar-refractivity contribution in [1.29, 1.82) is 0 Å². The van der Waals surface area contributed by atoms with Gasteiger partial charge in [0.1, 0.15) is 0 Å². The van der Waals surface area contributed by atoms with Gasteiger partial charge >= 0.3 is 74.4 Å². The average Bonchev–Trinajstić information content (AvgIpc) is 2.95. The molecule has 4 N–H and O–H groups in total. The van der Waals surface area contributed by atoms with Gasteiger partial charge in [-0.15, -0.1) is 0 Å². The van der Waals surface area contributed by atoms with Crippen molar-refractivity contribution in [2.24, 2.45) is 0 Å². The average molecular weight is 877 g/mol. The van der Waals surface area contributed by atoms with Crippen LogP contribution in [0.4, 0.5) is 0 Å². The molecule has 0 heterocycles. The molecule has 0 unspecified atom stereocenters. The first-order valence-electron chi connectivity index (χ1n) is 11.3. The molecule has 0 aliphatic carbocycles. The molecular formula is C29H20I3O8-. The molecule has 40 heavy (non-hydrogen) atoms. The summed E-state index contributed by atoms with van der Waals surface area (Å²) >= 11 is 5.30. The van der Waals surface area contributed by atoms with Crippen LogP contribution in [0.1, 0.15) is 63.7 Å². The van der Waals surface area contributed by atoms with Crippen molar-refractivity contribution in [2.75, 3.05) is 0 Å². The maximum atomic E-state index is 11.5. The molecule has 0 aromatic heterocycles. The number of carbonyl (C=O) groups is 4. The Hall–Kier alpha value is -3.05. The molecule has 0 bridgehead atoms. The summed E-state index contributed by atoms with van der Waals surface area (Å²) in [5.74, 6) is -4.45. The van der Waals surface area contributed by atoms with Crippen LogP contribution in [0.3, 0.4) is 0 Å². The number of rotatable bonds is 8. The van der Waals surface area contributed by atoms with E-state index in [0.29, 0.717) is 35.5 Å². The molecule has 0 saturated heterocycles. The van der Waals surface area contributed by atoms with Crippen molar-refractivity contribution >= 4 is 61.1 Å². The Bertz CT molecular complexity index is 1280. The van der Waals surface area contributed by atoms with Crippen molar-refractivity contribution in [3.8, 4) is 0 Å². The van der Waals surface area contributed by atoms with Crippen LogP contribution in [0.15, 0.2) is 97.1 Å². The van der Waals surface area contributed by atoms with Gasteiger partial charge in [0, 0.05) is 0 Å². The van der Waals surface area contributed by atoms with Crippen LogP contribution in [-0.2, 0) is 5.41 Å². The van der Waals surface area contributed by atoms with Gasteiger partial charge in [-0.3, -0.25) is 0 Å². The van der Waals surface area contributed by atoms with Gasteiger partial charge in [0.05, 0.1) is 27.7 Å². The fourth-order valence-electron chi connectivity index (χ4n) is 4.45. The molecule has 0 radical (unpaired) electrons. The van der Waals surface area contributed by atoms with Crippen molar-refractivity contribution in [1.82, 2.24) is 0 Å². The Labute approximate surface area is 258 Å². The van der Waals surface area contributed by atoms with Gasteiger partial charge in [-0.05, 0) is 70.8 Å². The molecule has 0 amide bonds. The van der Waals surface area contributed by atoms with Gasteiger partial charge in [-0.2, -0.15) is 0 Å². The predicted octanol–water partition coefficient (Wildman–Crippen LogP) is 3.64. The Morgan fingerprint density at radius 1 is 0.425 bits per heavy atom. The first-order valence-corrected chi connectivity index (χ1v) is 23.9. The van der Waals surface area contributed by atoms with Crippen molar-refractivity contribution < 1.29 is 52.9 Å². The van der Waals surface area contributed by atoms with Crippen LogP contribution in [-0.4, -0.2) is 44.3 Å². The van der Waals surface area contributed by atoms with Gasteiger partial charge in [-0.1, -0.05) is 48.5 Å². The third-order valence-corrected chi connectivity index (χ3v) is 6.26. The van der Waals surface area contributed by atoms with E-state index in [4.69, 9.17) is 0 Å². The monoisotopic (exact) mass is 877 g/mol. The minimum absolute atomic E-state index is 0.0568. The normalized spacial score (nSPS) is 10.8. The Kier molecular flexibility index (Phi) is 11.0. The van der Waals surface area contributed by atoms with E-state index in [1.165, 1.54) is 48.5 Å². The second-order valence-corrected chi connectivity index (χ2v) is 24.6. The van der Waals surface area contributed by atoms with Crippen molar-refractivity contribution in [3.63, 3.8) is 0 Å². The zero-order valence-electron chi connectivity index (χ0n) is 20.3. The zero-order valence-corrected chi connectivity index (χ0v) is 26.8. The maximum absolute atomic E-state index is 11.5. The number of hydrogen-bond donors (Lipinski definition) is 4. The SMILES string of the molecule is I[I-]I.O=C(O)c1ccc(C(c2ccc(C(=O)O)cc2)(c2ccc(C(=O)O)cc2)c2ccc(C(=O)O)cc2)cc1. The second-order valence-electron chi connectivity index (χ2n) is 8.33. The van der Waals surface area contributed by atoms with E-state index in [-0.39, 0.29) is 22.3 Å². The van der Waals surface area contributed by atoms with E-state index in [9.17, 15) is 39.6 Å². The summed E-state index contributed by atoms with van der Waals surface area (Å²) in [4.78, 5) is 46.0. The van der Waals surface area contributed by atoms with E-state index in [1.54, 1.807) is 48.5 Å². The number of hydrogen-bond acceptors (Lipinski definition) is 4. The minimum atomic E-state index is -1.18. The van der Waals surface area contributed by atoms with Crippen LogP contribution >= 0.6 is 37.2 Å². The quantitative estimate of drug-likeness (QED) is 0.155. The molecule has 0 aliphatic heterocycles. The summed E-state index contributed by atoms with van der Waals surface area (Å²) in [5, 5.41) is 37.6. The molecule has 0 spiro atoms. The zero-order chi connectivity index (χ0) is 29.4. The number of aromatic carboxylic acids is 4. The molecular weight excluding hydrogens is 857 g/mol. The van der Waals surface area contributed by atoms with Crippen LogP contribution in [0.25, 0.3) is 0 Å². The minimum Gasteiger partial charge on any atom is -0.478 e. The number of benzene rings is 4. The van der Waals surface area contributed by atoms with Crippen LogP contribution in [0, 0.1) is 0 Å². The number of halogens is 3. The summed E-state index contributed by atoms with van der Waals surface area (Å²) in [6.45, 7) is 0. The number of carboxylic acids is 4. The standard InChI is InChI=1S/C29H20O8.I3/c30-25(31)17-1-9-21(10-2-17)29(22-11-3-18(4-12-22)26(32)33,23-13-5-19(6-14-23)27(34)35)24-15-7-20(8-16-24)28(36)37;1-3-2/h1-16H,(H,30,31)(H,32,33)(H,34,35)(H,36,37);/q;-1. The third-order valence-electron chi connectivity index (χ3n) is 6.26. The first kappa shape index (κ1) is 31.5. The summed E-state index contributed by atoms with van der Waals surface area (Å²) in [5.41, 5.74) is 1.46. The van der Waals surface area contributed by atoms with Gasteiger partial charge in [-0.25, -0.2) is 19.2 Å². The van der Waals surface area contributed by atoms with Crippen LogP contribution in [0.5, 0.6) is 0 Å². The third kappa shape index (κ3) is 6.80. The molecule has 0 fully saturated rings. The maximum Gasteiger partial charge on any atom is 0.335 e. The van der Waals surface area contributed by atoms with E-state index < -0.39 is 29.3 Å².